The first-order valence-corrected chi connectivity index (χ1v) is 10.5. The van der Waals surface area contributed by atoms with E-state index in [9.17, 15) is 9.18 Å². The number of hydrogen-bond donors (Lipinski definition) is 1. The van der Waals surface area contributed by atoms with Gasteiger partial charge in [0.25, 0.3) is 5.91 Å². The minimum Gasteiger partial charge on any atom is -0.349 e. The van der Waals surface area contributed by atoms with Crippen LogP contribution in [0.15, 0.2) is 64.5 Å². The Kier molecular flexibility index (Phi) is 5.62. The van der Waals surface area contributed by atoms with Gasteiger partial charge in [-0.25, -0.2) is 9.37 Å². The first-order chi connectivity index (χ1) is 13.6. The fourth-order valence-corrected chi connectivity index (χ4v) is 4.52. The number of carbonyl (C=O) groups excluding carboxylic acids is 1. The number of benzene rings is 2. The molecule has 1 aliphatic rings. The molecule has 0 spiro atoms. The number of para-hydroxylation sites is 1. The highest BCUT2D eigenvalue weighted by atomic mass is 32.2. The second-order valence-corrected chi connectivity index (χ2v) is 8.61. The predicted octanol–water partition coefficient (Wildman–Crippen LogP) is 5.83. The molecule has 144 valence electrons. The normalized spacial score (nSPS) is 19.5. The van der Waals surface area contributed by atoms with Gasteiger partial charge in [-0.1, -0.05) is 36.9 Å². The summed E-state index contributed by atoms with van der Waals surface area (Å²) in [7, 11) is 0. The summed E-state index contributed by atoms with van der Waals surface area (Å²) in [5.74, 6) is 0.436. The number of hydrogen-bond acceptors (Lipinski definition) is 3. The van der Waals surface area contributed by atoms with E-state index in [1.807, 2.05) is 30.3 Å². The molecule has 1 N–H and O–H groups in total. The third-order valence-electron chi connectivity index (χ3n) is 5.32. The molecule has 1 amide bonds. The van der Waals surface area contributed by atoms with Crippen LogP contribution < -0.4 is 5.32 Å². The largest absolute Gasteiger partial charge is 0.349 e. The van der Waals surface area contributed by atoms with Gasteiger partial charge >= 0.3 is 0 Å². The molecule has 1 aromatic heterocycles. The number of nitrogens with zero attached hydrogens (tertiary/aromatic N) is 1. The summed E-state index contributed by atoms with van der Waals surface area (Å²) in [6.45, 7) is 2.27. The summed E-state index contributed by atoms with van der Waals surface area (Å²) in [5, 5.41) is 4.80. The molecule has 1 aliphatic carbocycles. The maximum Gasteiger partial charge on any atom is 0.252 e. The van der Waals surface area contributed by atoms with Crippen molar-refractivity contribution in [2.75, 3.05) is 0 Å². The van der Waals surface area contributed by atoms with Crippen molar-refractivity contribution in [3.05, 3.63) is 66.0 Å². The van der Waals surface area contributed by atoms with Crippen molar-refractivity contribution in [1.82, 2.24) is 10.3 Å². The summed E-state index contributed by atoms with van der Waals surface area (Å²) in [6, 6.07) is 16.1. The molecule has 0 atom stereocenters. The zero-order chi connectivity index (χ0) is 19.5. The van der Waals surface area contributed by atoms with Crippen LogP contribution in [0.3, 0.4) is 0 Å². The molecule has 0 saturated heterocycles. The molecular formula is C23H23FN2OS. The standard InChI is InChI=1S/C23H23FN2OS/c1-15-6-10-17(11-7-15)25-23(27)20-14-22(26-21-5-3-2-4-19(20)21)28-18-12-8-16(24)9-13-18/h2-5,8-9,12-15,17H,6-7,10-11H2,1H3,(H,25,27). The van der Waals surface area contributed by atoms with Crippen LogP contribution in [0, 0.1) is 11.7 Å². The Bertz CT molecular complexity index is 982. The highest BCUT2D eigenvalue weighted by molar-refractivity contribution is 7.99. The van der Waals surface area contributed by atoms with E-state index in [1.54, 1.807) is 12.1 Å². The zero-order valence-corrected chi connectivity index (χ0v) is 16.6. The lowest BCUT2D eigenvalue weighted by Gasteiger charge is -2.27. The van der Waals surface area contributed by atoms with Crippen LogP contribution in [0.5, 0.6) is 0 Å². The average Bonchev–Trinajstić information content (AvgIpc) is 2.71. The van der Waals surface area contributed by atoms with Crippen molar-refractivity contribution < 1.29 is 9.18 Å². The maximum atomic E-state index is 13.2. The topological polar surface area (TPSA) is 42.0 Å². The summed E-state index contributed by atoms with van der Waals surface area (Å²) < 4.78 is 13.2. The van der Waals surface area contributed by atoms with Crippen LogP contribution >= 0.6 is 11.8 Å². The third-order valence-corrected chi connectivity index (χ3v) is 6.25. The van der Waals surface area contributed by atoms with Gasteiger partial charge < -0.3 is 5.32 Å². The predicted molar refractivity (Wildman–Crippen MR) is 111 cm³/mol. The molecule has 0 unspecified atom stereocenters. The fourth-order valence-electron chi connectivity index (χ4n) is 3.68. The van der Waals surface area contributed by atoms with E-state index in [-0.39, 0.29) is 17.8 Å². The number of fused-ring (bicyclic) bond motifs is 1. The van der Waals surface area contributed by atoms with Gasteiger partial charge in [0.1, 0.15) is 10.8 Å². The summed E-state index contributed by atoms with van der Waals surface area (Å²) in [4.78, 5) is 18.6. The highest BCUT2D eigenvalue weighted by Gasteiger charge is 2.21. The molecule has 28 heavy (non-hydrogen) atoms. The smallest absolute Gasteiger partial charge is 0.252 e. The van der Waals surface area contributed by atoms with Gasteiger partial charge in [0.2, 0.25) is 0 Å². The van der Waals surface area contributed by atoms with Crippen LogP contribution in [0.4, 0.5) is 4.39 Å². The third kappa shape index (κ3) is 4.36. The second kappa shape index (κ2) is 8.31. The van der Waals surface area contributed by atoms with Gasteiger partial charge in [-0.15, -0.1) is 0 Å². The van der Waals surface area contributed by atoms with Crippen molar-refractivity contribution in [3.63, 3.8) is 0 Å². The van der Waals surface area contributed by atoms with Crippen LogP contribution in [-0.4, -0.2) is 16.9 Å². The Morgan fingerprint density at radius 2 is 1.79 bits per heavy atom. The van der Waals surface area contributed by atoms with Crippen molar-refractivity contribution in [1.29, 1.82) is 0 Å². The van der Waals surface area contributed by atoms with Crippen molar-refractivity contribution in [2.24, 2.45) is 5.92 Å². The molecule has 4 rings (SSSR count). The van der Waals surface area contributed by atoms with E-state index in [0.717, 1.165) is 52.4 Å². The van der Waals surface area contributed by atoms with Crippen LogP contribution in [0.25, 0.3) is 10.9 Å². The van der Waals surface area contributed by atoms with E-state index < -0.39 is 0 Å². The van der Waals surface area contributed by atoms with Crippen molar-refractivity contribution in [2.45, 2.75) is 48.6 Å². The number of pyridine rings is 1. The Morgan fingerprint density at radius 3 is 2.54 bits per heavy atom. The number of aromatic nitrogens is 1. The Labute approximate surface area is 168 Å². The van der Waals surface area contributed by atoms with Gasteiger partial charge in [0.15, 0.2) is 0 Å². The molecule has 2 aromatic carbocycles. The number of carbonyl (C=O) groups is 1. The lowest BCUT2D eigenvalue weighted by Crippen LogP contribution is -2.37. The number of amides is 1. The number of nitrogens with one attached hydrogen (secondary N) is 1. The molecule has 0 radical (unpaired) electrons. The molecule has 3 aromatic rings. The highest BCUT2D eigenvalue weighted by Crippen LogP contribution is 2.30. The number of rotatable bonds is 4. The first kappa shape index (κ1) is 18.9. The Morgan fingerprint density at radius 1 is 1.07 bits per heavy atom. The van der Waals surface area contributed by atoms with E-state index in [4.69, 9.17) is 0 Å². The van der Waals surface area contributed by atoms with Gasteiger partial charge in [0.05, 0.1) is 11.1 Å². The SMILES string of the molecule is CC1CCC(NC(=O)c2cc(Sc3ccc(F)cc3)nc3ccccc23)CC1. The maximum absolute atomic E-state index is 13.2. The van der Waals surface area contributed by atoms with E-state index in [1.165, 1.54) is 23.9 Å². The second-order valence-electron chi connectivity index (χ2n) is 7.51. The molecule has 1 saturated carbocycles. The zero-order valence-electron chi connectivity index (χ0n) is 15.8. The van der Waals surface area contributed by atoms with Crippen LogP contribution in [-0.2, 0) is 0 Å². The average molecular weight is 395 g/mol. The Hall–Kier alpha value is -2.40. The summed E-state index contributed by atoms with van der Waals surface area (Å²) >= 11 is 1.43. The van der Waals surface area contributed by atoms with Crippen LogP contribution in [0.1, 0.15) is 43.0 Å². The lowest BCUT2D eigenvalue weighted by molar-refractivity contribution is 0.0924. The monoisotopic (exact) mass is 394 g/mol. The van der Waals surface area contributed by atoms with E-state index in [0.29, 0.717) is 5.56 Å². The number of halogens is 1. The molecule has 3 nitrogen and oxygen atoms in total. The molecule has 1 heterocycles. The molecule has 0 bridgehead atoms. The van der Waals surface area contributed by atoms with Gasteiger partial charge in [-0.05, 0) is 68.0 Å². The van der Waals surface area contributed by atoms with Gasteiger partial charge in [-0.3, -0.25) is 4.79 Å². The fraction of sp³-hybridized carbons (Fsp3) is 0.304. The van der Waals surface area contributed by atoms with Gasteiger partial charge in [-0.2, -0.15) is 0 Å². The Balaban J connectivity index is 1.62. The minimum absolute atomic E-state index is 0.0425. The summed E-state index contributed by atoms with van der Waals surface area (Å²) in [5.41, 5.74) is 1.44. The van der Waals surface area contributed by atoms with E-state index >= 15 is 0 Å². The van der Waals surface area contributed by atoms with E-state index in [2.05, 4.69) is 17.2 Å². The summed E-state index contributed by atoms with van der Waals surface area (Å²) in [6.07, 6.45) is 4.39. The quantitative estimate of drug-likeness (QED) is 0.605. The van der Waals surface area contributed by atoms with Crippen molar-refractivity contribution in [3.8, 4) is 0 Å². The van der Waals surface area contributed by atoms with Gasteiger partial charge in [0, 0.05) is 16.3 Å². The molecular weight excluding hydrogens is 371 g/mol. The lowest BCUT2D eigenvalue weighted by atomic mass is 9.87. The van der Waals surface area contributed by atoms with Crippen molar-refractivity contribution >= 4 is 28.6 Å². The molecule has 0 aliphatic heterocycles. The minimum atomic E-state index is -0.266. The first-order valence-electron chi connectivity index (χ1n) is 9.72. The van der Waals surface area contributed by atoms with Crippen LogP contribution in [0.2, 0.25) is 0 Å². The molecule has 5 heteroatoms. The molecule has 1 fully saturated rings.